The number of carbonyl (C=O) groups excluding carboxylic acids is 1. The summed E-state index contributed by atoms with van der Waals surface area (Å²) in [6, 6.07) is 6.90. The molecule has 1 fully saturated rings. The minimum atomic E-state index is -0.207. The van der Waals surface area contributed by atoms with Crippen molar-refractivity contribution in [2.24, 2.45) is 0 Å². The van der Waals surface area contributed by atoms with Crippen LogP contribution in [0.25, 0.3) is 0 Å². The van der Waals surface area contributed by atoms with Crippen LogP contribution in [0.5, 0.6) is 0 Å². The van der Waals surface area contributed by atoms with Crippen LogP contribution in [-0.2, 0) is 4.79 Å². The molecule has 0 radical (unpaired) electrons. The highest BCUT2D eigenvalue weighted by atomic mass is 19.1. The average Bonchev–Trinajstić information content (AvgIpc) is 2.64. The maximum atomic E-state index is 13.4. The Labute approximate surface area is 113 Å². The topological polar surface area (TPSA) is 32.3 Å². The molecule has 3 nitrogen and oxygen atoms in total. The smallest absolute Gasteiger partial charge is 0.233 e. The molecule has 104 valence electrons. The van der Waals surface area contributed by atoms with Crippen LogP contribution in [0.2, 0.25) is 0 Å². The molecular weight excluding hydrogens is 243 g/mol. The SMILES string of the molecule is CNC(=O)CN1CCCCC[C@H]1c1cccc(F)c1. The third-order valence-electron chi connectivity index (χ3n) is 3.72. The van der Waals surface area contributed by atoms with E-state index in [2.05, 4.69) is 10.2 Å². The molecule has 0 saturated carbocycles. The highest BCUT2D eigenvalue weighted by Crippen LogP contribution is 2.30. The van der Waals surface area contributed by atoms with Crippen LogP contribution in [0.15, 0.2) is 24.3 Å². The number of likely N-dealkylation sites (N-methyl/N-ethyl adjacent to an activating group) is 1. The van der Waals surface area contributed by atoms with Crippen LogP contribution >= 0.6 is 0 Å². The first-order valence-electron chi connectivity index (χ1n) is 6.91. The molecule has 4 heteroatoms. The van der Waals surface area contributed by atoms with Crippen LogP contribution in [0.3, 0.4) is 0 Å². The predicted molar refractivity (Wildman–Crippen MR) is 73.2 cm³/mol. The van der Waals surface area contributed by atoms with Gasteiger partial charge in [-0.3, -0.25) is 9.69 Å². The van der Waals surface area contributed by atoms with E-state index in [0.717, 1.165) is 31.4 Å². The maximum Gasteiger partial charge on any atom is 0.233 e. The Morgan fingerprint density at radius 3 is 3.00 bits per heavy atom. The van der Waals surface area contributed by atoms with Gasteiger partial charge in [0.05, 0.1) is 6.54 Å². The molecular formula is C15H21FN2O. The number of rotatable bonds is 3. The zero-order valence-corrected chi connectivity index (χ0v) is 11.4. The number of halogens is 1. The van der Waals surface area contributed by atoms with Crippen molar-refractivity contribution in [2.75, 3.05) is 20.1 Å². The van der Waals surface area contributed by atoms with E-state index >= 15 is 0 Å². The van der Waals surface area contributed by atoms with Crippen molar-refractivity contribution in [1.29, 1.82) is 0 Å². The second-order valence-electron chi connectivity index (χ2n) is 5.06. The summed E-state index contributed by atoms with van der Waals surface area (Å²) >= 11 is 0. The number of nitrogens with one attached hydrogen (secondary N) is 1. The second-order valence-corrected chi connectivity index (χ2v) is 5.06. The van der Waals surface area contributed by atoms with Crippen molar-refractivity contribution in [3.05, 3.63) is 35.6 Å². The molecule has 19 heavy (non-hydrogen) atoms. The van der Waals surface area contributed by atoms with E-state index in [1.54, 1.807) is 19.2 Å². The number of benzene rings is 1. The Balaban J connectivity index is 2.19. The minimum absolute atomic E-state index is 0.0169. The van der Waals surface area contributed by atoms with Crippen molar-refractivity contribution < 1.29 is 9.18 Å². The predicted octanol–water partition coefficient (Wildman–Crippen LogP) is 2.49. The lowest BCUT2D eigenvalue weighted by atomic mass is 10.0. The monoisotopic (exact) mass is 264 g/mol. The molecule has 1 aliphatic heterocycles. The Morgan fingerprint density at radius 2 is 2.26 bits per heavy atom. The van der Waals surface area contributed by atoms with Crippen LogP contribution in [-0.4, -0.2) is 30.9 Å². The van der Waals surface area contributed by atoms with Crippen LogP contribution in [0.1, 0.15) is 37.3 Å². The van der Waals surface area contributed by atoms with E-state index in [1.807, 2.05) is 6.07 Å². The van der Waals surface area contributed by atoms with Gasteiger partial charge >= 0.3 is 0 Å². The summed E-state index contributed by atoms with van der Waals surface area (Å²) in [7, 11) is 1.65. The zero-order valence-electron chi connectivity index (χ0n) is 11.4. The summed E-state index contributed by atoms with van der Waals surface area (Å²) in [4.78, 5) is 13.8. The standard InChI is InChI=1S/C15H21FN2O/c1-17-15(19)11-18-9-4-2-3-8-14(18)12-6-5-7-13(16)10-12/h5-7,10,14H,2-4,8-9,11H2,1H3,(H,17,19)/t14-/m0/s1. The molecule has 1 aliphatic rings. The van der Waals surface area contributed by atoms with Gasteiger partial charge in [-0.05, 0) is 37.1 Å². The zero-order chi connectivity index (χ0) is 13.7. The molecule has 1 heterocycles. The van der Waals surface area contributed by atoms with Crippen LogP contribution in [0.4, 0.5) is 4.39 Å². The summed E-state index contributed by atoms with van der Waals surface area (Å²) in [6.07, 6.45) is 4.39. The molecule has 0 spiro atoms. The van der Waals surface area contributed by atoms with Gasteiger partial charge in [0.2, 0.25) is 5.91 Å². The molecule has 1 aromatic carbocycles. The van der Waals surface area contributed by atoms with Crippen LogP contribution in [0, 0.1) is 5.82 Å². The molecule has 1 saturated heterocycles. The number of nitrogens with zero attached hydrogens (tertiary/aromatic N) is 1. The lowest BCUT2D eigenvalue weighted by Gasteiger charge is -2.29. The second kappa shape index (κ2) is 6.66. The maximum absolute atomic E-state index is 13.4. The summed E-state index contributed by atoms with van der Waals surface area (Å²) in [5, 5.41) is 2.66. The molecule has 0 aromatic heterocycles. The Kier molecular flexibility index (Phi) is 4.91. The fraction of sp³-hybridized carbons (Fsp3) is 0.533. The molecule has 2 rings (SSSR count). The number of likely N-dealkylation sites (tertiary alicyclic amines) is 1. The van der Waals surface area contributed by atoms with Gasteiger partial charge in [0.1, 0.15) is 5.82 Å². The molecule has 1 N–H and O–H groups in total. The molecule has 0 unspecified atom stereocenters. The summed E-state index contributed by atoms with van der Waals surface area (Å²) in [5.41, 5.74) is 0.978. The Morgan fingerprint density at radius 1 is 1.42 bits per heavy atom. The summed E-state index contributed by atoms with van der Waals surface area (Å²) in [5.74, 6) is -0.190. The van der Waals surface area contributed by atoms with Crippen molar-refractivity contribution in [3.8, 4) is 0 Å². The molecule has 0 aliphatic carbocycles. The van der Waals surface area contributed by atoms with Gasteiger partial charge in [-0.15, -0.1) is 0 Å². The first-order valence-corrected chi connectivity index (χ1v) is 6.91. The summed E-state index contributed by atoms with van der Waals surface area (Å²) < 4.78 is 13.4. The van der Waals surface area contributed by atoms with Gasteiger partial charge in [0.25, 0.3) is 0 Å². The van der Waals surface area contributed by atoms with Gasteiger partial charge in [-0.2, -0.15) is 0 Å². The van der Waals surface area contributed by atoms with Crippen molar-refractivity contribution in [2.45, 2.75) is 31.7 Å². The lowest BCUT2D eigenvalue weighted by Crippen LogP contribution is -2.38. The third-order valence-corrected chi connectivity index (χ3v) is 3.72. The van der Waals surface area contributed by atoms with Crippen LogP contribution < -0.4 is 5.32 Å². The fourth-order valence-corrected chi connectivity index (χ4v) is 2.71. The van der Waals surface area contributed by atoms with E-state index in [4.69, 9.17) is 0 Å². The average molecular weight is 264 g/mol. The first kappa shape index (κ1) is 14.0. The largest absolute Gasteiger partial charge is 0.358 e. The minimum Gasteiger partial charge on any atom is -0.358 e. The highest BCUT2D eigenvalue weighted by Gasteiger charge is 2.24. The fourth-order valence-electron chi connectivity index (χ4n) is 2.71. The number of hydrogen-bond acceptors (Lipinski definition) is 2. The normalized spacial score (nSPS) is 20.8. The molecule has 1 atom stereocenters. The van der Waals surface area contributed by atoms with Crippen molar-refractivity contribution in [3.63, 3.8) is 0 Å². The number of hydrogen-bond donors (Lipinski definition) is 1. The van der Waals surface area contributed by atoms with E-state index in [9.17, 15) is 9.18 Å². The van der Waals surface area contributed by atoms with Gasteiger partial charge < -0.3 is 5.32 Å². The quantitative estimate of drug-likeness (QED) is 0.909. The molecule has 0 bridgehead atoms. The van der Waals surface area contributed by atoms with Gasteiger partial charge in [0.15, 0.2) is 0 Å². The van der Waals surface area contributed by atoms with E-state index in [1.165, 1.54) is 12.5 Å². The molecule has 1 aromatic rings. The van der Waals surface area contributed by atoms with Gasteiger partial charge in [0, 0.05) is 13.1 Å². The highest BCUT2D eigenvalue weighted by molar-refractivity contribution is 5.77. The van der Waals surface area contributed by atoms with E-state index < -0.39 is 0 Å². The Bertz CT molecular complexity index is 436. The number of amides is 1. The number of carbonyl (C=O) groups is 1. The Hall–Kier alpha value is -1.42. The van der Waals surface area contributed by atoms with Crippen molar-refractivity contribution in [1.82, 2.24) is 10.2 Å². The van der Waals surface area contributed by atoms with Gasteiger partial charge in [-0.1, -0.05) is 25.0 Å². The van der Waals surface area contributed by atoms with Crippen molar-refractivity contribution >= 4 is 5.91 Å². The lowest BCUT2D eigenvalue weighted by molar-refractivity contribution is -0.122. The van der Waals surface area contributed by atoms with E-state index in [-0.39, 0.29) is 17.8 Å². The first-order chi connectivity index (χ1) is 9.20. The van der Waals surface area contributed by atoms with E-state index in [0.29, 0.717) is 6.54 Å². The van der Waals surface area contributed by atoms with Gasteiger partial charge in [-0.25, -0.2) is 4.39 Å². The third kappa shape index (κ3) is 3.77. The molecule has 1 amide bonds. The summed E-state index contributed by atoms with van der Waals surface area (Å²) in [6.45, 7) is 1.28.